The van der Waals surface area contributed by atoms with Gasteiger partial charge in [0.05, 0.1) is 24.8 Å². The number of nitrogens with zero attached hydrogens (tertiary/aromatic N) is 5. The molecule has 0 saturated carbocycles. The molecule has 2 aromatic carbocycles. The number of nitrogens with one attached hydrogen (secondary N) is 2. The van der Waals surface area contributed by atoms with Crippen molar-refractivity contribution in [3.05, 3.63) is 89.9 Å². The number of carbonyl (C=O) groups is 4. The van der Waals surface area contributed by atoms with Gasteiger partial charge in [-0.05, 0) is 55.4 Å². The van der Waals surface area contributed by atoms with Gasteiger partial charge in [-0.2, -0.15) is 0 Å². The highest BCUT2D eigenvalue weighted by molar-refractivity contribution is 6.12. The van der Waals surface area contributed by atoms with E-state index in [0.717, 1.165) is 36.6 Å². The van der Waals surface area contributed by atoms with Gasteiger partial charge in [0, 0.05) is 82.3 Å². The summed E-state index contributed by atoms with van der Waals surface area (Å²) in [5.41, 5.74) is 1.04. The van der Waals surface area contributed by atoms with Gasteiger partial charge < -0.3 is 39.6 Å². The molecular formula is C43H52F3N7O7. The second kappa shape index (κ2) is 19.9. The molecule has 5 atom stereocenters. The Balaban J connectivity index is 1.09. The van der Waals surface area contributed by atoms with Crippen LogP contribution in [0.1, 0.15) is 56.0 Å². The number of hydrogen-bond donors (Lipinski definition) is 3. The van der Waals surface area contributed by atoms with E-state index in [1.54, 1.807) is 11.1 Å². The molecule has 3 N–H and O–H groups in total. The van der Waals surface area contributed by atoms with Gasteiger partial charge in [-0.3, -0.25) is 14.5 Å². The fourth-order valence-electron chi connectivity index (χ4n) is 8.46. The number of ether oxygens (including phenoxy) is 2. The minimum absolute atomic E-state index is 0.00296. The first kappa shape index (κ1) is 42.8. The van der Waals surface area contributed by atoms with E-state index in [9.17, 15) is 28.7 Å². The number of imidazole rings is 1. The topological polar surface area (TPSA) is 159 Å². The van der Waals surface area contributed by atoms with Crippen LogP contribution in [0.4, 0.5) is 22.8 Å². The van der Waals surface area contributed by atoms with Crippen LogP contribution in [0.3, 0.4) is 0 Å². The molecule has 7 rings (SSSR count). The normalized spacial score (nSPS) is 22.5. The van der Waals surface area contributed by atoms with Crippen molar-refractivity contribution in [1.29, 1.82) is 0 Å². The lowest BCUT2D eigenvalue weighted by Crippen LogP contribution is -2.50. The highest BCUT2D eigenvalue weighted by atomic mass is 19.1. The van der Waals surface area contributed by atoms with Crippen molar-refractivity contribution < 1.29 is 46.9 Å². The van der Waals surface area contributed by atoms with E-state index in [4.69, 9.17) is 14.5 Å². The number of hydrogen-bond acceptors (Lipinski definition) is 9. The van der Waals surface area contributed by atoms with Gasteiger partial charge >= 0.3 is 12.1 Å². The van der Waals surface area contributed by atoms with Crippen LogP contribution in [0, 0.1) is 23.5 Å². The quantitative estimate of drug-likeness (QED) is 0.139. The van der Waals surface area contributed by atoms with E-state index in [0.29, 0.717) is 70.9 Å². The third-order valence-corrected chi connectivity index (χ3v) is 11.7. The number of carbonyl (C=O) groups excluding carboxylic acids is 4. The molecule has 5 amide bonds. The van der Waals surface area contributed by atoms with Crippen LogP contribution in [0.25, 0.3) is 11.3 Å². The summed E-state index contributed by atoms with van der Waals surface area (Å²) in [6.07, 6.45) is 3.77. The third kappa shape index (κ3) is 10.4. The fraction of sp³-hybridized carbons (Fsp3) is 0.512. The molecule has 0 aliphatic carbocycles. The van der Waals surface area contributed by atoms with Crippen molar-refractivity contribution in [3.63, 3.8) is 0 Å². The van der Waals surface area contributed by atoms with Gasteiger partial charge in [-0.25, -0.2) is 27.7 Å². The molecule has 5 heterocycles. The summed E-state index contributed by atoms with van der Waals surface area (Å²) in [6, 6.07) is 11.4. The van der Waals surface area contributed by atoms with E-state index >= 15 is 8.78 Å². The van der Waals surface area contributed by atoms with Gasteiger partial charge in [0.2, 0.25) is 0 Å². The molecule has 4 aliphatic rings. The highest BCUT2D eigenvalue weighted by Gasteiger charge is 2.45. The molecule has 3 aromatic rings. The molecule has 1 aromatic heterocycles. The van der Waals surface area contributed by atoms with Crippen LogP contribution in [-0.2, 0) is 25.6 Å². The largest absolute Gasteiger partial charge is 0.442 e. The van der Waals surface area contributed by atoms with Crippen LogP contribution < -0.4 is 10.6 Å². The van der Waals surface area contributed by atoms with Crippen molar-refractivity contribution in [1.82, 2.24) is 34.9 Å². The third-order valence-electron chi connectivity index (χ3n) is 11.7. The van der Waals surface area contributed by atoms with E-state index in [1.165, 1.54) is 22.0 Å². The van der Waals surface area contributed by atoms with Crippen LogP contribution in [0.15, 0.2) is 66.9 Å². The second-order valence-electron chi connectivity index (χ2n) is 15.9. The van der Waals surface area contributed by atoms with Gasteiger partial charge in [0.1, 0.15) is 35.8 Å². The van der Waals surface area contributed by atoms with E-state index in [2.05, 4.69) is 10.6 Å². The number of likely N-dealkylation sites (tertiary alicyclic amines) is 1. The lowest BCUT2D eigenvalue weighted by atomic mass is 9.89. The molecule has 60 heavy (non-hydrogen) atoms. The Bertz CT molecular complexity index is 1990. The van der Waals surface area contributed by atoms with Crippen molar-refractivity contribution in [2.24, 2.45) is 11.8 Å². The van der Waals surface area contributed by atoms with Gasteiger partial charge in [0.25, 0.3) is 11.8 Å². The Morgan fingerprint density at radius 3 is 2.48 bits per heavy atom. The maximum absolute atomic E-state index is 15.5. The molecular weight excluding hydrogens is 784 g/mol. The van der Waals surface area contributed by atoms with Crippen molar-refractivity contribution in [3.8, 4) is 11.3 Å². The number of β-amino-alcohol motifs (C(OH)–C–C–N with tert-alkyl or cyclic N) is 1. The molecule has 3 fully saturated rings. The molecule has 14 nitrogen and oxygen atoms in total. The Kier molecular flexibility index (Phi) is 14.2. The van der Waals surface area contributed by atoms with E-state index in [-0.39, 0.29) is 55.2 Å². The predicted molar refractivity (Wildman–Crippen MR) is 213 cm³/mol. The number of amides is 5. The standard InChI is InChI=1S/C43H52F3N7O7/c44-31-10-11-33(45)32(20-31)35-25-50(23-28-8-4-3-5-9-28)41(49-35)40(29-14-18-59-19-15-29)53(24-30-21-47-22-34(30)46)43(58)51-26-36(54)37(27-51)60-42(57)48-16-6-1-2-7-17-52-38(55)12-13-39(52)56/h3-5,8-13,20,25,29-30,34,36-37,40,47,54H,1-2,6-7,14-19,21-24,26-27H2,(H,48,57)/t30-,34-,36+,37-,40+/m0/s1. The maximum atomic E-state index is 15.5. The van der Waals surface area contributed by atoms with Crippen LogP contribution >= 0.6 is 0 Å². The maximum Gasteiger partial charge on any atom is 0.407 e. The molecule has 17 heteroatoms. The summed E-state index contributed by atoms with van der Waals surface area (Å²) in [5.74, 6) is -2.29. The summed E-state index contributed by atoms with van der Waals surface area (Å²) in [5, 5.41) is 16.9. The zero-order chi connectivity index (χ0) is 42.2. The number of unbranched alkanes of at least 4 members (excludes halogenated alkanes) is 3. The number of alkyl halides is 1. The molecule has 0 spiro atoms. The number of aromatic nitrogens is 2. The molecule has 4 aliphatic heterocycles. The fourth-order valence-corrected chi connectivity index (χ4v) is 8.46. The number of halogens is 3. The molecule has 0 radical (unpaired) electrons. The van der Waals surface area contributed by atoms with E-state index < -0.39 is 54.1 Å². The van der Waals surface area contributed by atoms with Gasteiger partial charge in [-0.1, -0.05) is 43.2 Å². The number of aliphatic hydroxyl groups excluding tert-OH is 1. The SMILES string of the molecule is O=C(NCCCCCCN1C(=O)C=CC1=O)O[C@H]1CN(C(=O)N(C[C@@H]2CNC[C@@H]2F)[C@@H](c2nc(-c3cc(F)ccc3F)cn2Cc2ccccc2)C2CCOCC2)C[C@H]1O. The van der Waals surface area contributed by atoms with E-state index in [1.807, 2.05) is 34.9 Å². The Morgan fingerprint density at radius 1 is 1.00 bits per heavy atom. The minimum atomic E-state index is -1.24. The van der Waals surface area contributed by atoms with Crippen molar-refractivity contribution >= 4 is 23.9 Å². The number of rotatable bonds is 16. The van der Waals surface area contributed by atoms with Crippen molar-refractivity contribution in [2.45, 2.75) is 69.5 Å². The number of urea groups is 1. The Hall–Kier alpha value is -5.26. The molecule has 0 unspecified atom stereocenters. The highest BCUT2D eigenvalue weighted by Crippen LogP contribution is 2.39. The van der Waals surface area contributed by atoms with Gasteiger partial charge in [-0.15, -0.1) is 0 Å². The summed E-state index contributed by atoms with van der Waals surface area (Å²) in [6.45, 7) is 1.94. The summed E-state index contributed by atoms with van der Waals surface area (Å²) in [7, 11) is 0. The number of benzene rings is 2. The lowest BCUT2D eigenvalue weighted by Gasteiger charge is -2.41. The lowest BCUT2D eigenvalue weighted by molar-refractivity contribution is -0.136. The molecule has 3 saturated heterocycles. The average Bonchev–Trinajstić information content (AvgIpc) is 4.03. The first-order valence-electron chi connectivity index (χ1n) is 20.8. The smallest absolute Gasteiger partial charge is 0.407 e. The predicted octanol–water partition coefficient (Wildman–Crippen LogP) is 4.58. The monoisotopic (exact) mass is 835 g/mol. The summed E-state index contributed by atoms with van der Waals surface area (Å²) in [4.78, 5) is 60.4. The molecule has 322 valence electrons. The number of imide groups is 1. The van der Waals surface area contributed by atoms with Crippen LogP contribution in [-0.4, -0.2) is 131 Å². The van der Waals surface area contributed by atoms with Crippen molar-refractivity contribution in [2.75, 3.05) is 59.0 Å². The zero-order valence-electron chi connectivity index (χ0n) is 33.4. The van der Waals surface area contributed by atoms with Crippen LogP contribution in [0.5, 0.6) is 0 Å². The minimum Gasteiger partial charge on any atom is -0.442 e. The van der Waals surface area contributed by atoms with Gasteiger partial charge in [0.15, 0.2) is 0 Å². The Labute approximate surface area is 346 Å². The first-order valence-corrected chi connectivity index (χ1v) is 20.8. The first-order chi connectivity index (χ1) is 29.0. The second-order valence-corrected chi connectivity index (χ2v) is 15.9. The number of aliphatic hydroxyl groups is 1. The summed E-state index contributed by atoms with van der Waals surface area (Å²) >= 11 is 0. The number of alkyl carbamates (subject to hydrolysis) is 1. The van der Waals surface area contributed by atoms with Crippen LogP contribution in [0.2, 0.25) is 0 Å². The zero-order valence-corrected chi connectivity index (χ0v) is 33.4. The molecule has 0 bridgehead atoms. The summed E-state index contributed by atoms with van der Waals surface area (Å²) < 4.78 is 58.5. The Morgan fingerprint density at radius 2 is 1.75 bits per heavy atom. The average molecular weight is 836 g/mol.